The molecule has 138 valence electrons. The Morgan fingerprint density at radius 3 is 2.46 bits per heavy atom. The number of carbonyl (C=O) groups is 1. The summed E-state index contributed by atoms with van der Waals surface area (Å²) >= 11 is 6.30. The maximum atomic E-state index is 12.5. The van der Waals surface area contributed by atoms with Gasteiger partial charge >= 0.3 is 0 Å². The second-order valence-corrected chi connectivity index (χ2v) is 7.56. The van der Waals surface area contributed by atoms with E-state index in [-0.39, 0.29) is 5.91 Å². The summed E-state index contributed by atoms with van der Waals surface area (Å²) in [7, 11) is 0. The molecule has 4 nitrogen and oxygen atoms in total. The molecular formula is C21H27ClN3O+. The maximum Gasteiger partial charge on any atom is 0.279 e. The summed E-state index contributed by atoms with van der Waals surface area (Å²) in [5.41, 5.74) is 3.20. The first-order valence-electron chi connectivity index (χ1n) is 9.26. The second kappa shape index (κ2) is 8.56. The van der Waals surface area contributed by atoms with Crippen molar-refractivity contribution in [3.63, 3.8) is 0 Å². The summed E-state index contributed by atoms with van der Waals surface area (Å²) in [5.74, 6) is 0.470. The molecule has 1 aliphatic rings. The van der Waals surface area contributed by atoms with E-state index in [1.165, 1.54) is 10.5 Å². The van der Waals surface area contributed by atoms with Crippen LogP contribution in [0.1, 0.15) is 25.3 Å². The number of piperazine rings is 1. The summed E-state index contributed by atoms with van der Waals surface area (Å²) in [5, 5.41) is 3.89. The standard InChI is InChI=1S/C21H26ClN3O/c1-16(2)17-7-3-5-9-19(17)23-21(26)15-24-11-13-25(14-12-24)20-10-6-4-8-18(20)22/h3-10,16H,11-15H2,1-2H3,(H,23,26)/p+1. The van der Waals surface area contributed by atoms with Crippen LogP contribution in [0.25, 0.3) is 0 Å². The summed E-state index contributed by atoms with van der Waals surface area (Å²) in [6.07, 6.45) is 0. The van der Waals surface area contributed by atoms with Gasteiger partial charge in [-0.25, -0.2) is 0 Å². The number of hydrogen-bond acceptors (Lipinski definition) is 2. The van der Waals surface area contributed by atoms with Crippen LogP contribution in [0.2, 0.25) is 5.02 Å². The molecule has 0 radical (unpaired) electrons. The second-order valence-electron chi connectivity index (χ2n) is 7.16. The summed E-state index contributed by atoms with van der Waals surface area (Å²) in [4.78, 5) is 16.1. The summed E-state index contributed by atoms with van der Waals surface area (Å²) in [6.45, 7) is 8.48. The Bertz CT molecular complexity index is 754. The molecule has 1 heterocycles. The molecule has 3 rings (SSSR count). The Morgan fingerprint density at radius 2 is 1.77 bits per heavy atom. The molecule has 0 atom stereocenters. The van der Waals surface area contributed by atoms with Crippen molar-refractivity contribution < 1.29 is 9.69 Å². The number of rotatable bonds is 5. The van der Waals surface area contributed by atoms with Crippen molar-refractivity contribution in [1.29, 1.82) is 0 Å². The smallest absolute Gasteiger partial charge is 0.279 e. The molecule has 1 saturated heterocycles. The van der Waals surface area contributed by atoms with Crippen LogP contribution in [0.15, 0.2) is 48.5 Å². The Kier molecular flexibility index (Phi) is 6.17. The molecule has 2 aromatic rings. The maximum absolute atomic E-state index is 12.5. The topological polar surface area (TPSA) is 36.8 Å². The van der Waals surface area contributed by atoms with E-state index in [1.807, 2.05) is 36.4 Å². The molecule has 0 aromatic heterocycles. The van der Waals surface area contributed by atoms with Crippen molar-refractivity contribution in [2.45, 2.75) is 19.8 Å². The number of benzene rings is 2. The summed E-state index contributed by atoms with van der Waals surface area (Å²) in [6, 6.07) is 16.0. The highest BCUT2D eigenvalue weighted by Crippen LogP contribution is 2.25. The fourth-order valence-corrected chi connectivity index (χ4v) is 3.74. The van der Waals surface area contributed by atoms with Crippen molar-refractivity contribution in [2.75, 3.05) is 42.9 Å². The van der Waals surface area contributed by atoms with Crippen LogP contribution >= 0.6 is 11.6 Å². The lowest BCUT2D eigenvalue weighted by Gasteiger charge is -2.33. The van der Waals surface area contributed by atoms with Gasteiger partial charge in [-0.1, -0.05) is 55.8 Å². The van der Waals surface area contributed by atoms with Gasteiger partial charge < -0.3 is 15.1 Å². The monoisotopic (exact) mass is 372 g/mol. The van der Waals surface area contributed by atoms with Crippen LogP contribution in [0.3, 0.4) is 0 Å². The number of nitrogens with one attached hydrogen (secondary N) is 2. The minimum Gasteiger partial charge on any atom is -0.359 e. The Hall–Kier alpha value is -2.04. The van der Waals surface area contributed by atoms with Gasteiger partial charge in [-0.15, -0.1) is 0 Å². The third kappa shape index (κ3) is 4.57. The molecule has 1 fully saturated rings. The van der Waals surface area contributed by atoms with Crippen LogP contribution in [0, 0.1) is 0 Å². The molecule has 0 unspecified atom stereocenters. The molecule has 5 heteroatoms. The zero-order valence-electron chi connectivity index (χ0n) is 15.5. The lowest BCUT2D eigenvalue weighted by atomic mass is 10.0. The van der Waals surface area contributed by atoms with Gasteiger partial charge in [0.15, 0.2) is 6.54 Å². The molecule has 0 aliphatic carbocycles. The highest BCUT2D eigenvalue weighted by atomic mass is 35.5. The number of quaternary nitrogens is 1. The molecule has 2 aromatic carbocycles. The third-order valence-electron chi connectivity index (χ3n) is 4.93. The van der Waals surface area contributed by atoms with Crippen molar-refractivity contribution in [2.24, 2.45) is 0 Å². The molecule has 0 spiro atoms. The highest BCUT2D eigenvalue weighted by molar-refractivity contribution is 6.33. The number of para-hydroxylation sites is 2. The number of nitrogens with zero attached hydrogens (tertiary/aromatic N) is 1. The van der Waals surface area contributed by atoms with Crippen molar-refractivity contribution in [1.82, 2.24) is 0 Å². The Morgan fingerprint density at radius 1 is 1.12 bits per heavy atom. The number of anilines is 2. The quantitative estimate of drug-likeness (QED) is 0.846. The first kappa shape index (κ1) is 18.7. The summed E-state index contributed by atoms with van der Waals surface area (Å²) < 4.78 is 0. The number of halogens is 1. The van der Waals surface area contributed by atoms with E-state index < -0.39 is 0 Å². The van der Waals surface area contributed by atoms with Crippen molar-refractivity contribution in [3.05, 3.63) is 59.1 Å². The van der Waals surface area contributed by atoms with Gasteiger partial charge in [0.05, 0.1) is 36.9 Å². The average molecular weight is 373 g/mol. The van der Waals surface area contributed by atoms with Crippen molar-refractivity contribution >= 4 is 28.9 Å². The predicted octanol–water partition coefficient (Wildman–Crippen LogP) is 2.81. The molecule has 1 amide bonds. The predicted molar refractivity (Wildman–Crippen MR) is 108 cm³/mol. The zero-order valence-corrected chi connectivity index (χ0v) is 16.2. The van der Waals surface area contributed by atoms with Gasteiger partial charge in [-0.3, -0.25) is 4.79 Å². The van der Waals surface area contributed by atoms with Crippen LogP contribution < -0.4 is 15.1 Å². The van der Waals surface area contributed by atoms with Crippen LogP contribution in [-0.4, -0.2) is 38.6 Å². The van der Waals surface area contributed by atoms with Gasteiger partial charge in [0, 0.05) is 5.69 Å². The number of amides is 1. The SMILES string of the molecule is CC(C)c1ccccc1NC(=O)C[NH+]1CCN(c2ccccc2Cl)CC1. The minimum atomic E-state index is 0.0827. The van der Waals surface area contributed by atoms with E-state index >= 15 is 0 Å². The molecule has 0 saturated carbocycles. The van der Waals surface area contributed by atoms with Crippen LogP contribution in [0.5, 0.6) is 0 Å². The third-order valence-corrected chi connectivity index (χ3v) is 5.25. The van der Waals surface area contributed by atoms with Crippen LogP contribution in [0.4, 0.5) is 11.4 Å². The van der Waals surface area contributed by atoms with Gasteiger partial charge in [-0.05, 0) is 29.7 Å². The van der Waals surface area contributed by atoms with Gasteiger partial charge in [0.1, 0.15) is 0 Å². The lowest BCUT2D eigenvalue weighted by Crippen LogP contribution is -3.15. The van der Waals surface area contributed by atoms with Gasteiger partial charge in [0.25, 0.3) is 5.91 Å². The number of carbonyl (C=O) groups excluding carboxylic acids is 1. The minimum absolute atomic E-state index is 0.0827. The van der Waals surface area contributed by atoms with Gasteiger partial charge in [0.2, 0.25) is 0 Å². The first-order valence-corrected chi connectivity index (χ1v) is 9.64. The zero-order chi connectivity index (χ0) is 18.5. The average Bonchev–Trinajstić information content (AvgIpc) is 2.63. The first-order chi connectivity index (χ1) is 12.5. The highest BCUT2D eigenvalue weighted by Gasteiger charge is 2.23. The van der Waals surface area contributed by atoms with Gasteiger partial charge in [-0.2, -0.15) is 0 Å². The molecular weight excluding hydrogens is 346 g/mol. The lowest BCUT2D eigenvalue weighted by molar-refractivity contribution is -0.892. The molecule has 2 N–H and O–H groups in total. The van der Waals surface area contributed by atoms with E-state index in [1.54, 1.807) is 0 Å². The number of hydrogen-bond donors (Lipinski definition) is 2. The normalized spacial score (nSPS) is 15.3. The fourth-order valence-electron chi connectivity index (χ4n) is 3.48. The van der Waals surface area contributed by atoms with E-state index in [9.17, 15) is 4.79 Å². The fraction of sp³-hybridized carbons (Fsp3) is 0.381. The van der Waals surface area contributed by atoms with E-state index in [0.717, 1.165) is 42.6 Å². The van der Waals surface area contributed by atoms with E-state index in [0.29, 0.717) is 12.5 Å². The molecule has 1 aliphatic heterocycles. The molecule has 26 heavy (non-hydrogen) atoms. The largest absolute Gasteiger partial charge is 0.359 e. The van der Waals surface area contributed by atoms with E-state index in [2.05, 4.69) is 36.2 Å². The molecule has 0 bridgehead atoms. The van der Waals surface area contributed by atoms with Crippen molar-refractivity contribution in [3.8, 4) is 0 Å². The van der Waals surface area contributed by atoms with Crippen LogP contribution in [-0.2, 0) is 4.79 Å². The Labute approximate surface area is 160 Å². The Balaban J connectivity index is 1.53. The van der Waals surface area contributed by atoms with E-state index in [4.69, 9.17) is 11.6 Å².